The van der Waals surface area contributed by atoms with Crippen LogP contribution in [0.3, 0.4) is 0 Å². The van der Waals surface area contributed by atoms with E-state index in [2.05, 4.69) is 49.2 Å². The van der Waals surface area contributed by atoms with Gasteiger partial charge in [-0.05, 0) is 17.7 Å². The second-order valence-corrected chi connectivity index (χ2v) is 7.40. The van der Waals surface area contributed by atoms with Crippen molar-refractivity contribution in [3.8, 4) is 5.75 Å². The van der Waals surface area contributed by atoms with Gasteiger partial charge in [-0.15, -0.1) is 10.2 Å². The molecule has 7 heteroatoms. The summed E-state index contributed by atoms with van der Waals surface area (Å²) in [6.07, 6.45) is 1.54. The van der Waals surface area contributed by atoms with Crippen molar-refractivity contribution < 1.29 is 9.53 Å². The highest BCUT2D eigenvalue weighted by molar-refractivity contribution is 5.77. The first-order valence-corrected chi connectivity index (χ1v) is 10.4. The highest BCUT2D eigenvalue weighted by atomic mass is 16.5. The zero-order valence-corrected chi connectivity index (χ0v) is 17.0. The zero-order chi connectivity index (χ0) is 20.6. The van der Waals surface area contributed by atoms with Crippen LogP contribution in [-0.4, -0.2) is 51.8 Å². The lowest BCUT2D eigenvalue weighted by Gasteiger charge is -2.19. The number of hydrogen-bond donors (Lipinski definition) is 1. The fourth-order valence-electron chi connectivity index (χ4n) is 3.64. The molecule has 1 aliphatic heterocycles. The summed E-state index contributed by atoms with van der Waals surface area (Å²) in [4.78, 5) is 14.5. The Labute approximate surface area is 176 Å². The summed E-state index contributed by atoms with van der Waals surface area (Å²) in [6.45, 7) is 4.28. The van der Waals surface area contributed by atoms with Crippen molar-refractivity contribution in [1.29, 1.82) is 0 Å². The number of carbonyl (C=O) groups excluding carboxylic acids is 1. The molecule has 7 nitrogen and oxygen atoms in total. The van der Waals surface area contributed by atoms with Gasteiger partial charge < -0.3 is 14.6 Å². The van der Waals surface area contributed by atoms with Gasteiger partial charge in [0, 0.05) is 45.6 Å². The van der Waals surface area contributed by atoms with E-state index in [4.69, 9.17) is 4.74 Å². The molecule has 0 radical (unpaired) electrons. The van der Waals surface area contributed by atoms with Crippen LogP contribution in [0.25, 0.3) is 0 Å². The normalized spacial score (nSPS) is 14.0. The van der Waals surface area contributed by atoms with Gasteiger partial charge in [-0.2, -0.15) is 0 Å². The second-order valence-electron chi connectivity index (χ2n) is 7.40. The molecule has 0 fully saturated rings. The number of ether oxygens (including phenoxy) is 1. The zero-order valence-electron chi connectivity index (χ0n) is 17.0. The van der Waals surface area contributed by atoms with E-state index in [0.29, 0.717) is 18.7 Å². The predicted octanol–water partition coefficient (Wildman–Crippen LogP) is 2.07. The fraction of sp³-hybridized carbons (Fsp3) is 0.348. The Kier molecular flexibility index (Phi) is 6.72. The van der Waals surface area contributed by atoms with Crippen molar-refractivity contribution in [2.75, 3.05) is 26.2 Å². The van der Waals surface area contributed by atoms with Crippen LogP contribution in [-0.2, 0) is 30.7 Å². The lowest BCUT2D eigenvalue weighted by Crippen LogP contribution is -2.31. The second kappa shape index (κ2) is 10.0. The van der Waals surface area contributed by atoms with Gasteiger partial charge in [0.15, 0.2) is 6.61 Å². The lowest BCUT2D eigenvalue weighted by molar-refractivity contribution is -0.123. The summed E-state index contributed by atoms with van der Waals surface area (Å²) in [6, 6.07) is 19.9. The molecule has 0 aliphatic carbocycles. The number of fused-ring (bicyclic) bond motifs is 1. The molecule has 0 unspecified atom stereocenters. The Hall–Kier alpha value is -3.19. The minimum absolute atomic E-state index is 0.0103. The number of benzene rings is 2. The molecule has 156 valence electrons. The predicted molar refractivity (Wildman–Crippen MR) is 114 cm³/mol. The van der Waals surface area contributed by atoms with E-state index < -0.39 is 0 Å². The molecule has 1 amide bonds. The molecule has 4 rings (SSSR count). The van der Waals surface area contributed by atoms with Crippen molar-refractivity contribution in [3.63, 3.8) is 0 Å². The third-order valence-corrected chi connectivity index (χ3v) is 5.23. The number of hydrogen-bond acceptors (Lipinski definition) is 5. The van der Waals surface area contributed by atoms with Crippen LogP contribution in [0.2, 0.25) is 0 Å². The molecule has 2 heterocycles. The van der Waals surface area contributed by atoms with Gasteiger partial charge in [-0.25, -0.2) is 0 Å². The molecular formula is C23H27N5O2. The lowest BCUT2D eigenvalue weighted by atomic mass is 10.2. The Morgan fingerprint density at radius 2 is 1.73 bits per heavy atom. The quantitative estimate of drug-likeness (QED) is 0.621. The van der Waals surface area contributed by atoms with E-state index >= 15 is 0 Å². The van der Waals surface area contributed by atoms with Gasteiger partial charge in [0.25, 0.3) is 5.91 Å². The molecule has 0 bridgehead atoms. The summed E-state index contributed by atoms with van der Waals surface area (Å²) in [7, 11) is 0. The molecule has 2 aromatic carbocycles. The van der Waals surface area contributed by atoms with Crippen LogP contribution in [0.15, 0.2) is 60.7 Å². The Balaban J connectivity index is 1.23. The van der Waals surface area contributed by atoms with Crippen molar-refractivity contribution in [2.24, 2.45) is 0 Å². The topological polar surface area (TPSA) is 72.3 Å². The average molecular weight is 406 g/mol. The smallest absolute Gasteiger partial charge is 0.257 e. The molecule has 3 aromatic rings. The van der Waals surface area contributed by atoms with Crippen LogP contribution in [0.1, 0.15) is 17.2 Å². The van der Waals surface area contributed by atoms with Gasteiger partial charge in [-0.1, -0.05) is 48.5 Å². The number of aromatic nitrogens is 3. The SMILES string of the molecule is O=C(COc1ccccc1)NCCc1nnc2n1CCN(Cc1ccccc1)CC2. The van der Waals surface area contributed by atoms with E-state index in [0.717, 1.165) is 44.2 Å². The molecule has 0 atom stereocenters. The molecular weight excluding hydrogens is 378 g/mol. The van der Waals surface area contributed by atoms with Crippen molar-refractivity contribution in [2.45, 2.75) is 25.9 Å². The maximum Gasteiger partial charge on any atom is 0.257 e. The van der Waals surface area contributed by atoms with E-state index in [1.807, 2.05) is 36.4 Å². The number of carbonyl (C=O) groups is 1. The van der Waals surface area contributed by atoms with E-state index in [-0.39, 0.29) is 12.5 Å². The third-order valence-electron chi connectivity index (χ3n) is 5.23. The highest BCUT2D eigenvalue weighted by Crippen LogP contribution is 2.13. The van der Waals surface area contributed by atoms with Crippen LogP contribution >= 0.6 is 0 Å². The summed E-state index contributed by atoms with van der Waals surface area (Å²) in [5, 5.41) is 11.6. The summed E-state index contributed by atoms with van der Waals surface area (Å²) < 4.78 is 7.68. The van der Waals surface area contributed by atoms with Gasteiger partial charge >= 0.3 is 0 Å². The molecule has 30 heavy (non-hydrogen) atoms. The van der Waals surface area contributed by atoms with Crippen molar-refractivity contribution in [3.05, 3.63) is 77.9 Å². The maximum absolute atomic E-state index is 12.0. The van der Waals surface area contributed by atoms with Crippen LogP contribution < -0.4 is 10.1 Å². The van der Waals surface area contributed by atoms with Crippen molar-refractivity contribution in [1.82, 2.24) is 25.0 Å². The van der Waals surface area contributed by atoms with Crippen LogP contribution in [0.5, 0.6) is 5.75 Å². The van der Waals surface area contributed by atoms with Crippen LogP contribution in [0, 0.1) is 0 Å². The van der Waals surface area contributed by atoms with Gasteiger partial charge in [0.1, 0.15) is 17.4 Å². The first-order valence-electron chi connectivity index (χ1n) is 10.4. The van der Waals surface area contributed by atoms with E-state index in [1.54, 1.807) is 0 Å². The molecule has 0 spiro atoms. The van der Waals surface area contributed by atoms with Crippen molar-refractivity contribution >= 4 is 5.91 Å². The average Bonchev–Trinajstić information content (AvgIpc) is 3.06. The Bertz CT molecular complexity index is 943. The molecule has 1 N–H and O–H groups in total. The van der Waals surface area contributed by atoms with E-state index in [1.165, 1.54) is 5.56 Å². The highest BCUT2D eigenvalue weighted by Gasteiger charge is 2.18. The van der Waals surface area contributed by atoms with Gasteiger partial charge in [-0.3, -0.25) is 9.69 Å². The molecule has 1 aliphatic rings. The number of para-hydroxylation sites is 1. The largest absolute Gasteiger partial charge is 0.484 e. The van der Waals surface area contributed by atoms with E-state index in [9.17, 15) is 4.79 Å². The minimum atomic E-state index is -0.136. The molecule has 1 aromatic heterocycles. The standard InChI is InChI=1S/C23H27N5O2/c29-23(18-30-20-9-5-2-6-10-20)24-13-11-21-25-26-22-12-14-27(15-16-28(21)22)17-19-7-3-1-4-8-19/h1-10H,11-18H2,(H,24,29). The van der Waals surface area contributed by atoms with Gasteiger partial charge in [0.05, 0.1) is 0 Å². The fourth-order valence-corrected chi connectivity index (χ4v) is 3.64. The Morgan fingerprint density at radius 3 is 2.53 bits per heavy atom. The number of amides is 1. The molecule has 0 saturated carbocycles. The Morgan fingerprint density at radius 1 is 0.967 bits per heavy atom. The third kappa shape index (κ3) is 5.45. The maximum atomic E-state index is 12.0. The number of nitrogens with one attached hydrogen (secondary N) is 1. The van der Waals surface area contributed by atoms with Crippen LogP contribution in [0.4, 0.5) is 0 Å². The first-order chi connectivity index (χ1) is 14.8. The minimum Gasteiger partial charge on any atom is -0.484 e. The first kappa shape index (κ1) is 20.1. The molecule has 0 saturated heterocycles. The van der Waals surface area contributed by atoms with Gasteiger partial charge in [0.2, 0.25) is 0 Å². The summed E-state index contributed by atoms with van der Waals surface area (Å²) in [5.41, 5.74) is 1.33. The number of rotatable bonds is 8. The number of nitrogens with zero attached hydrogens (tertiary/aromatic N) is 4. The monoisotopic (exact) mass is 405 g/mol. The summed E-state index contributed by atoms with van der Waals surface area (Å²) >= 11 is 0. The summed E-state index contributed by atoms with van der Waals surface area (Å²) in [5.74, 6) is 2.51.